The van der Waals surface area contributed by atoms with Crippen molar-refractivity contribution in [3.8, 4) is 0 Å². The molecule has 0 saturated carbocycles. The van der Waals surface area contributed by atoms with Gasteiger partial charge in [0.15, 0.2) is 0 Å². The fraction of sp³-hybridized carbons (Fsp3) is 0.750. The third-order valence-corrected chi connectivity index (χ3v) is 3.69. The molecule has 88 valence electrons. The average Bonchev–Trinajstić information content (AvgIpc) is 2.96. The first-order chi connectivity index (χ1) is 7.88. The van der Waals surface area contributed by atoms with Crippen molar-refractivity contribution in [1.82, 2.24) is 9.55 Å². The number of fused-ring (bicyclic) bond motifs is 1. The molecule has 2 aliphatic heterocycles. The van der Waals surface area contributed by atoms with E-state index < -0.39 is 0 Å². The molecule has 1 aromatic rings. The van der Waals surface area contributed by atoms with E-state index in [1.165, 1.54) is 5.69 Å². The minimum Gasteiger partial charge on any atom is -0.396 e. The molecular weight excluding hydrogens is 204 g/mol. The summed E-state index contributed by atoms with van der Waals surface area (Å²) < 4.78 is 7.95. The van der Waals surface area contributed by atoms with E-state index in [0.717, 1.165) is 44.7 Å². The van der Waals surface area contributed by atoms with Crippen LogP contribution in [-0.4, -0.2) is 27.9 Å². The van der Waals surface area contributed by atoms with Gasteiger partial charge in [-0.15, -0.1) is 0 Å². The summed E-state index contributed by atoms with van der Waals surface area (Å²) in [5, 5.41) is 9.25. The summed E-state index contributed by atoms with van der Waals surface area (Å²) in [5.74, 6) is 1.47. The summed E-state index contributed by atoms with van der Waals surface area (Å²) in [4.78, 5) is 4.50. The summed E-state index contributed by atoms with van der Waals surface area (Å²) in [6, 6.07) is 0. The van der Waals surface area contributed by atoms with Gasteiger partial charge in [-0.2, -0.15) is 0 Å². The number of aryl methyl sites for hydroxylation is 1. The van der Waals surface area contributed by atoms with Crippen molar-refractivity contribution in [3.05, 3.63) is 17.7 Å². The predicted molar refractivity (Wildman–Crippen MR) is 59.1 cm³/mol. The Bertz CT molecular complexity index is 369. The largest absolute Gasteiger partial charge is 0.396 e. The third-order valence-electron chi connectivity index (χ3n) is 3.69. The van der Waals surface area contributed by atoms with Gasteiger partial charge in [0.2, 0.25) is 0 Å². The van der Waals surface area contributed by atoms with E-state index in [0.29, 0.717) is 5.92 Å². The lowest BCUT2D eigenvalue weighted by Crippen LogP contribution is -2.24. The van der Waals surface area contributed by atoms with Gasteiger partial charge in [-0.25, -0.2) is 4.98 Å². The number of nitrogens with zero attached hydrogens (tertiary/aromatic N) is 2. The van der Waals surface area contributed by atoms with Gasteiger partial charge in [-0.05, 0) is 25.7 Å². The van der Waals surface area contributed by atoms with Gasteiger partial charge >= 0.3 is 0 Å². The molecule has 1 fully saturated rings. The van der Waals surface area contributed by atoms with E-state index in [4.69, 9.17) is 4.74 Å². The summed E-state index contributed by atoms with van der Waals surface area (Å²) >= 11 is 0. The lowest BCUT2D eigenvalue weighted by Gasteiger charge is -2.25. The van der Waals surface area contributed by atoms with Gasteiger partial charge < -0.3 is 14.4 Å². The van der Waals surface area contributed by atoms with Gasteiger partial charge in [0.1, 0.15) is 11.9 Å². The highest BCUT2D eigenvalue weighted by Gasteiger charge is 2.27. The van der Waals surface area contributed by atoms with E-state index in [9.17, 15) is 5.11 Å². The van der Waals surface area contributed by atoms with Crippen molar-refractivity contribution in [1.29, 1.82) is 0 Å². The zero-order valence-corrected chi connectivity index (χ0v) is 9.43. The van der Waals surface area contributed by atoms with Gasteiger partial charge in [-0.1, -0.05) is 0 Å². The molecule has 4 heteroatoms. The first-order valence-corrected chi connectivity index (χ1v) is 6.15. The predicted octanol–water partition coefficient (Wildman–Crippen LogP) is 1.29. The molecule has 3 rings (SSSR count). The molecule has 0 aliphatic carbocycles. The Morgan fingerprint density at radius 1 is 1.50 bits per heavy atom. The minimum atomic E-state index is 0.186. The normalized spacial score (nSPS) is 29.3. The van der Waals surface area contributed by atoms with E-state index in [-0.39, 0.29) is 12.7 Å². The van der Waals surface area contributed by atoms with Crippen LogP contribution in [0.2, 0.25) is 0 Å². The smallest absolute Gasteiger partial charge is 0.138 e. The lowest BCUT2D eigenvalue weighted by atomic mass is 9.99. The van der Waals surface area contributed by atoms with Crippen molar-refractivity contribution < 1.29 is 9.84 Å². The van der Waals surface area contributed by atoms with Crippen LogP contribution in [0.3, 0.4) is 0 Å². The van der Waals surface area contributed by atoms with Crippen molar-refractivity contribution >= 4 is 0 Å². The molecule has 16 heavy (non-hydrogen) atoms. The van der Waals surface area contributed by atoms with Gasteiger partial charge in [-0.3, -0.25) is 0 Å². The number of ether oxygens (including phenoxy) is 1. The van der Waals surface area contributed by atoms with Gasteiger partial charge in [0, 0.05) is 37.6 Å². The van der Waals surface area contributed by atoms with Crippen molar-refractivity contribution in [3.63, 3.8) is 0 Å². The Morgan fingerprint density at radius 2 is 2.44 bits per heavy atom. The van der Waals surface area contributed by atoms with E-state index in [1.807, 2.05) is 6.20 Å². The number of hydrogen-bond acceptors (Lipinski definition) is 3. The molecule has 2 atom stereocenters. The zero-order chi connectivity index (χ0) is 11.0. The quantitative estimate of drug-likeness (QED) is 0.820. The first kappa shape index (κ1) is 10.3. The zero-order valence-electron chi connectivity index (χ0n) is 9.43. The van der Waals surface area contributed by atoms with E-state index >= 15 is 0 Å². The topological polar surface area (TPSA) is 47.3 Å². The van der Waals surface area contributed by atoms with Crippen molar-refractivity contribution in [2.24, 2.45) is 5.92 Å². The standard InChI is InChI=1S/C12H18N2O2/c15-8-9-3-4-10-6-13-12(14(10)7-9)11-2-1-5-16-11/h6,9,11,15H,1-5,7-8H2. The Kier molecular flexibility index (Phi) is 2.69. The second kappa shape index (κ2) is 4.18. The number of rotatable bonds is 2. The fourth-order valence-electron chi connectivity index (χ4n) is 2.73. The van der Waals surface area contributed by atoms with Gasteiger partial charge in [0.05, 0.1) is 0 Å². The second-order valence-electron chi connectivity index (χ2n) is 4.81. The third kappa shape index (κ3) is 1.66. The molecule has 0 spiro atoms. The first-order valence-electron chi connectivity index (χ1n) is 6.15. The molecule has 4 nitrogen and oxygen atoms in total. The summed E-state index contributed by atoms with van der Waals surface area (Å²) in [6.45, 7) is 2.04. The van der Waals surface area contributed by atoms with Crippen LogP contribution in [0.1, 0.15) is 36.9 Å². The van der Waals surface area contributed by atoms with Crippen molar-refractivity contribution in [2.45, 2.75) is 38.3 Å². The van der Waals surface area contributed by atoms with Gasteiger partial charge in [0.25, 0.3) is 0 Å². The molecule has 2 unspecified atom stereocenters. The van der Waals surface area contributed by atoms with Crippen LogP contribution >= 0.6 is 0 Å². The maximum absolute atomic E-state index is 9.25. The van der Waals surface area contributed by atoms with Crippen molar-refractivity contribution in [2.75, 3.05) is 13.2 Å². The van der Waals surface area contributed by atoms with Crippen LogP contribution < -0.4 is 0 Å². The van der Waals surface area contributed by atoms with E-state index in [1.54, 1.807) is 0 Å². The maximum Gasteiger partial charge on any atom is 0.138 e. The Morgan fingerprint density at radius 3 is 3.19 bits per heavy atom. The number of imidazole rings is 1. The number of aliphatic hydroxyl groups excluding tert-OH is 1. The molecule has 1 N–H and O–H groups in total. The highest BCUT2D eigenvalue weighted by Crippen LogP contribution is 2.31. The molecular formula is C12H18N2O2. The highest BCUT2D eigenvalue weighted by molar-refractivity contribution is 5.11. The molecule has 0 radical (unpaired) electrons. The minimum absolute atomic E-state index is 0.186. The maximum atomic E-state index is 9.25. The second-order valence-corrected chi connectivity index (χ2v) is 4.81. The fourth-order valence-corrected chi connectivity index (χ4v) is 2.73. The number of hydrogen-bond donors (Lipinski definition) is 1. The van der Waals surface area contributed by atoms with Crippen LogP contribution in [-0.2, 0) is 17.7 Å². The molecule has 0 aromatic carbocycles. The Labute approximate surface area is 95.3 Å². The highest BCUT2D eigenvalue weighted by atomic mass is 16.5. The molecule has 0 bridgehead atoms. The van der Waals surface area contributed by atoms with Crippen LogP contribution in [0.5, 0.6) is 0 Å². The van der Waals surface area contributed by atoms with Crippen LogP contribution in [0.25, 0.3) is 0 Å². The summed E-state index contributed by atoms with van der Waals surface area (Å²) in [5.41, 5.74) is 1.30. The summed E-state index contributed by atoms with van der Waals surface area (Å²) in [7, 11) is 0. The monoisotopic (exact) mass is 222 g/mol. The van der Waals surface area contributed by atoms with Crippen LogP contribution in [0, 0.1) is 5.92 Å². The molecule has 0 amide bonds. The molecule has 1 aromatic heterocycles. The van der Waals surface area contributed by atoms with E-state index in [2.05, 4.69) is 9.55 Å². The molecule has 1 saturated heterocycles. The average molecular weight is 222 g/mol. The van der Waals surface area contributed by atoms with Crippen LogP contribution in [0.15, 0.2) is 6.20 Å². The Balaban J connectivity index is 1.87. The molecule has 2 aliphatic rings. The summed E-state index contributed by atoms with van der Waals surface area (Å²) in [6.07, 6.45) is 6.49. The van der Waals surface area contributed by atoms with Crippen LogP contribution in [0.4, 0.5) is 0 Å². The lowest BCUT2D eigenvalue weighted by molar-refractivity contribution is 0.0980. The Hall–Kier alpha value is -0.870. The number of aliphatic hydroxyl groups is 1. The number of aromatic nitrogens is 2. The molecule has 3 heterocycles. The SMILES string of the molecule is OCC1CCc2cnc(C3CCCO3)n2C1.